The van der Waals surface area contributed by atoms with Crippen LogP contribution in [0.15, 0.2) is 99.1 Å². The van der Waals surface area contributed by atoms with E-state index in [9.17, 15) is 4.79 Å². The minimum Gasteiger partial charge on any atom is -0.451 e. The van der Waals surface area contributed by atoms with E-state index in [-0.39, 0.29) is 5.91 Å². The quantitative estimate of drug-likeness (QED) is 0.505. The van der Waals surface area contributed by atoms with Crippen LogP contribution < -0.4 is 5.32 Å². The summed E-state index contributed by atoms with van der Waals surface area (Å²) in [6, 6.07) is 27.2. The highest BCUT2D eigenvalue weighted by atomic mass is 32.2. The number of nitrogens with one attached hydrogen (secondary N) is 1. The first-order valence-electron chi connectivity index (χ1n) is 7.91. The van der Waals surface area contributed by atoms with Crippen molar-refractivity contribution in [2.24, 2.45) is 0 Å². The number of furan rings is 1. The van der Waals surface area contributed by atoms with Crippen molar-refractivity contribution in [3.8, 4) is 0 Å². The summed E-state index contributed by atoms with van der Waals surface area (Å²) in [5, 5.41) is 3.87. The van der Waals surface area contributed by atoms with Crippen LogP contribution in [0.4, 0.5) is 5.69 Å². The predicted molar refractivity (Wildman–Crippen MR) is 101 cm³/mol. The molecule has 3 nitrogen and oxygen atoms in total. The average molecular weight is 345 g/mol. The molecule has 0 aliphatic heterocycles. The molecule has 1 amide bonds. The number of rotatable bonds is 4. The van der Waals surface area contributed by atoms with Gasteiger partial charge in [-0.2, -0.15) is 0 Å². The Morgan fingerprint density at radius 3 is 2.40 bits per heavy atom. The molecule has 0 unspecified atom stereocenters. The van der Waals surface area contributed by atoms with Gasteiger partial charge in [-0.3, -0.25) is 4.79 Å². The lowest BCUT2D eigenvalue weighted by atomic mass is 10.2. The molecule has 0 atom stereocenters. The second kappa shape index (κ2) is 6.87. The van der Waals surface area contributed by atoms with Crippen LogP contribution in [0.25, 0.3) is 11.0 Å². The van der Waals surface area contributed by atoms with Crippen LogP contribution >= 0.6 is 11.8 Å². The first-order valence-corrected chi connectivity index (χ1v) is 8.73. The predicted octanol–water partition coefficient (Wildman–Crippen LogP) is 5.84. The zero-order valence-electron chi connectivity index (χ0n) is 13.3. The van der Waals surface area contributed by atoms with Gasteiger partial charge in [-0.05, 0) is 36.4 Å². The number of anilines is 1. The van der Waals surface area contributed by atoms with Crippen LogP contribution in [0.1, 0.15) is 10.6 Å². The molecular formula is C21H15NO2S. The maximum absolute atomic E-state index is 12.6. The number of carbonyl (C=O) groups excluding carboxylic acids is 1. The van der Waals surface area contributed by atoms with Gasteiger partial charge in [-0.25, -0.2) is 0 Å². The third kappa shape index (κ3) is 3.44. The molecule has 0 aliphatic rings. The zero-order valence-corrected chi connectivity index (χ0v) is 14.1. The Morgan fingerprint density at radius 2 is 1.56 bits per heavy atom. The molecule has 3 aromatic carbocycles. The molecule has 4 aromatic rings. The molecule has 1 heterocycles. The maximum Gasteiger partial charge on any atom is 0.291 e. The minimum absolute atomic E-state index is 0.252. The Hall–Kier alpha value is -2.98. The molecular weight excluding hydrogens is 330 g/mol. The Bertz CT molecular complexity index is 991. The largest absolute Gasteiger partial charge is 0.451 e. The number of para-hydroxylation sites is 2. The van der Waals surface area contributed by atoms with E-state index in [0.717, 1.165) is 20.9 Å². The van der Waals surface area contributed by atoms with E-state index in [2.05, 4.69) is 5.32 Å². The Labute approximate surface area is 149 Å². The number of carbonyl (C=O) groups is 1. The molecule has 1 N–H and O–H groups in total. The van der Waals surface area contributed by atoms with Crippen LogP contribution in [0.5, 0.6) is 0 Å². The van der Waals surface area contributed by atoms with Gasteiger partial charge in [0.2, 0.25) is 0 Å². The zero-order chi connectivity index (χ0) is 17.1. The minimum atomic E-state index is -0.252. The smallest absolute Gasteiger partial charge is 0.291 e. The van der Waals surface area contributed by atoms with Crippen LogP contribution in [0.2, 0.25) is 0 Å². The molecule has 25 heavy (non-hydrogen) atoms. The molecule has 0 fully saturated rings. The fourth-order valence-corrected chi connectivity index (χ4v) is 3.47. The standard InChI is InChI=1S/C21H15NO2S/c23-21(19-14-15-8-4-6-12-18(15)24-19)22-17-11-5-7-13-20(17)25-16-9-2-1-3-10-16/h1-14H,(H,22,23). The Kier molecular flexibility index (Phi) is 4.27. The Balaban J connectivity index is 1.59. The van der Waals surface area contributed by atoms with Gasteiger partial charge in [0, 0.05) is 15.2 Å². The first kappa shape index (κ1) is 15.5. The molecule has 0 bridgehead atoms. The summed E-state index contributed by atoms with van der Waals surface area (Å²) in [4.78, 5) is 14.7. The molecule has 0 aliphatic carbocycles. The summed E-state index contributed by atoms with van der Waals surface area (Å²) in [7, 11) is 0. The van der Waals surface area contributed by atoms with Gasteiger partial charge in [0.05, 0.1) is 5.69 Å². The average Bonchev–Trinajstić information content (AvgIpc) is 3.09. The van der Waals surface area contributed by atoms with E-state index in [4.69, 9.17) is 4.42 Å². The van der Waals surface area contributed by atoms with Crippen molar-refractivity contribution in [1.82, 2.24) is 0 Å². The monoisotopic (exact) mass is 345 g/mol. The first-order chi connectivity index (χ1) is 12.3. The van der Waals surface area contributed by atoms with E-state index in [1.807, 2.05) is 78.9 Å². The van der Waals surface area contributed by atoms with Crippen molar-refractivity contribution in [1.29, 1.82) is 0 Å². The van der Waals surface area contributed by atoms with Gasteiger partial charge >= 0.3 is 0 Å². The van der Waals surface area contributed by atoms with Gasteiger partial charge in [0.25, 0.3) is 5.91 Å². The van der Waals surface area contributed by atoms with E-state index in [1.54, 1.807) is 17.8 Å². The lowest BCUT2D eigenvalue weighted by Gasteiger charge is -2.09. The van der Waals surface area contributed by atoms with E-state index in [1.165, 1.54) is 0 Å². The van der Waals surface area contributed by atoms with Gasteiger partial charge in [-0.15, -0.1) is 0 Å². The van der Waals surface area contributed by atoms with Gasteiger partial charge in [-0.1, -0.05) is 60.3 Å². The van der Waals surface area contributed by atoms with Crippen molar-refractivity contribution in [2.75, 3.05) is 5.32 Å². The molecule has 4 heteroatoms. The fraction of sp³-hybridized carbons (Fsp3) is 0. The summed E-state index contributed by atoms with van der Waals surface area (Å²) < 4.78 is 5.64. The molecule has 4 rings (SSSR count). The van der Waals surface area contributed by atoms with E-state index < -0.39 is 0 Å². The highest BCUT2D eigenvalue weighted by Gasteiger charge is 2.14. The van der Waals surface area contributed by atoms with Crippen LogP contribution in [-0.4, -0.2) is 5.91 Å². The van der Waals surface area contributed by atoms with Crippen molar-refractivity contribution in [2.45, 2.75) is 9.79 Å². The van der Waals surface area contributed by atoms with Crippen LogP contribution in [0, 0.1) is 0 Å². The Morgan fingerprint density at radius 1 is 0.840 bits per heavy atom. The third-order valence-electron chi connectivity index (χ3n) is 3.76. The summed E-state index contributed by atoms with van der Waals surface area (Å²) in [6.07, 6.45) is 0. The van der Waals surface area contributed by atoms with Crippen molar-refractivity contribution in [3.63, 3.8) is 0 Å². The summed E-state index contributed by atoms with van der Waals surface area (Å²) in [5.74, 6) is 0.0537. The number of amides is 1. The second-order valence-corrected chi connectivity index (χ2v) is 6.63. The van der Waals surface area contributed by atoms with Gasteiger partial charge in [0.15, 0.2) is 5.76 Å². The molecule has 0 saturated carbocycles. The van der Waals surface area contributed by atoms with E-state index in [0.29, 0.717) is 11.3 Å². The normalized spacial score (nSPS) is 10.7. The lowest BCUT2D eigenvalue weighted by Crippen LogP contribution is -2.11. The SMILES string of the molecule is O=C(Nc1ccccc1Sc1ccccc1)c1cc2ccccc2o1. The number of hydrogen-bond acceptors (Lipinski definition) is 3. The number of fused-ring (bicyclic) bond motifs is 1. The number of benzene rings is 3. The highest BCUT2D eigenvalue weighted by Crippen LogP contribution is 2.33. The van der Waals surface area contributed by atoms with Crippen LogP contribution in [0.3, 0.4) is 0 Å². The second-order valence-electron chi connectivity index (χ2n) is 5.51. The molecule has 1 aromatic heterocycles. The van der Waals surface area contributed by atoms with Gasteiger partial charge in [0.1, 0.15) is 5.58 Å². The summed E-state index contributed by atoms with van der Waals surface area (Å²) in [5.41, 5.74) is 1.47. The molecule has 0 spiro atoms. The van der Waals surface area contributed by atoms with Crippen molar-refractivity contribution < 1.29 is 9.21 Å². The summed E-state index contributed by atoms with van der Waals surface area (Å²) in [6.45, 7) is 0. The maximum atomic E-state index is 12.6. The molecule has 122 valence electrons. The van der Waals surface area contributed by atoms with Gasteiger partial charge < -0.3 is 9.73 Å². The van der Waals surface area contributed by atoms with Crippen molar-refractivity contribution in [3.05, 3.63) is 90.7 Å². The molecule has 0 radical (unpaired) electrons. The molecule has 0 saturated heterocycles. The fourth-order valence-electron chi connectivity index (χ4n) is 2.55. The van der Waals surface area contributed by atoms with Crippen molar-refractivity contribution >= 4 is 34.3 Å². The topological polar surface area (TPSA) is 42.2 Å². The summed E-state index contributed by atoms with van der Waals surface area (Å²) >= 11 is 1.61. The van der Waals surface area contributed by atoms with Crippen LogP contribution in [-0.2, 0) is 0 Å². The highest BCUT2D eigenvalue weighted by molar-refractivity contribution is 7.99. The number of hydrogen-bond donors (Lipinski definition) is 1. The lowest BCUT2D eigenvalue weighted by molar-refractivity contribution is 0.0998. The van der Waals surface area contributed by atoms with E-state index >= 15 is 0 Å². The third-order valence-corrected chi connectivity index (χ3v) is 4.84.